The predicted octanol–water partition coefficient (Wildman–Crippen LogP) is 1.45. The first-order chi connectivity index (χ1) is 9.15. The van der Waals surface area contributed by atoms with E-state index in [0.29, 0.717) is 12.1 Å². The Morgan fingerprint density at radius 3 is 2.37 bits per heavy atom. The van der Waals surface area contributed by atoms with E-state index in [4.69, 9.17) is 0 Å². The summed E-state index contributed by atoms with van der Waals surface area (Å²) in [7, 11) is 0. The van der Waals surface area contributed by atoms with Gasteiger partial charge in [-0.2, -0.15) is 0 Å². The zero-order valence-corrected chi connectivity index (χ0v) is 12.3. The number of hydrogen-bond donors (Lipinski definition) is 0. The molecule has 5 heteroatoms. The highest BCUT2D eigenvalue weighted by Gasteiger charge is 2.29. The van der Waals surface area contributed by atoms with Crippen molar-refractivity contribution in [1.82, 2.24) is 24.6 Å². The molecular formula is C14H25N5. The third-order valence-corrected chi connectivity index (χ3v) is 4.35. The third-order valence-electron chi connectivity index (χ3n) is 4.35. The zero-order chi connectivity index (χ0) is 13.4. The maximum absolute atomic E-state index is 4.38. The SMILES string of the molecule is Cc1nnc(CN2CCN(C(C)C)CC2)n1C1CC1. The Bertz CT molecular complexity index is 427. The monoisotopic (exact) mass is 263 g/mol. The van der Waals surface area contributed by atoms with E-state index in [1.807, 2.05) is 0 Å². The summed E-state index contributed by atoms with van der Waals surface area (Å²) in [4.78, 5) is 5.06. The van der Waals surface area contributed by atoms with E-state index in [-0.39, 0.29) is 0 Å². The third kappa shape index (κ3) is 2.82. The lowest BCUT2D eigenvalue weighted by Crippen LogP contribution is -2.48. The summed E-state index contributed by atoms with van der Waals surface area (Å²) in [6.07, 6.45) is 2.60. The molecule has 0 atom stereocenters. The van der Waals surface area contributed by atoms with Gasteiger partial charge in [-0.3, -0.25) is 9.80 Å². The highest BCUT2D eigenvalue weighted by Crippen LogP contribution is 2.36. The highest BCUT2D eigenvalue weighted by molar-refractivity contribution is 5.01. The Morgan fingerprint density at radius 2 is 1.79 bits per heavy atom. The van der Waals surface area contributed by atoms with E-state index < -0.39 is 0 Å². The Balaban J connectivity index is 1.60. The molecule has 0 N–H and O–H groups in total. The molecule has 1 aromatic heterocycles. The quantitative estimate of drug-likeness (QED) is 0.824. The summed E-state index contributed by atoms with van der Waals surface area (Å²) < 4.78 is 2.36. The molecule has 2 fully saturated rings. The number of nitrogens with zero attached hydrogens (tertiary/aromatic N) is 5. The van der Waals surface area contributed by atoms with Gasteiger partial charge in [0.05, 0.1) is 6.54 Å². The van der Waals surface area contributed by atoms with Crippen molar-refractivity contribution in [2.45, 2.75) is 52.2 Å². The smallest absolute Gasteiger partial charge is 0.147 e. The Labute approximate surface area is 115 Å². The van der Waals surface area contributed by atoms with Gasteiger partial charge in [0, 0.05) is 38.3 Å². The van der Waals surface area contributed by atoms with E-state index >= 15 is 0 Å². The summed E-state index contributed by atoms with van der Waals surface area (Å²) in [6, 6.07) is 1.35. The van der Waals surface area contributed by atoms with Crippen molar-refractivity contribution >= 4 is 0 Å². The second kappa shape index (κ2) is 5.21. The Kier molecular flexibility index (Phi) is 3.58. The molecule has 19 heavy (non-hydrogen) atoms. The summed E-state index contributed by atoms with van der Waals surface area (Å²) in [5.74, 6) is 2.25. The number of piperazine rings is 1. The van der Waals surface area contributed by atoms with E-state index in [1.165, 1.54) is 25.9 Å². The molecule has 0 spiro atoms. The molecule has 0 radical (unpaired) electrons. The molecule has 1 saturated heterocycles. The van der Waals surface area contributed by atoms with Crippen LogP contribution in [0.2, 0.25) is 0 Å². The topological polar surface area (TPSA) is 37.2 Å². The fourth-order valence-electron chi connectivity index (χ4n) is 2.97. The van der Waals surface area contributed by atoms with Crippen LogP contribution in [0, 0.1) is 6.92 Å². The van der Waals surface area contributed by atoms with Gasteiger partial charge in [-0.1, -0.05) is 0 Å². The summed E-state index contributed by atoms with van der Waals surface area (Å²) in [5.41, 5.74) is 0. The number of aromatic nitrogens is 3. The highest BCUT2D eigenvalue weighted by atomic mass is 15.3. The van der Waals surface area contributed by atoms with Crippen molar-refractivity contribution in [1.29, 1.82) is 0 Å². The van der Waals surface area contributed by atoms with Gasteiger partial charge in [0.1, 0.15) is 11.6 Å². The van der Waals surface area contributed by atoms with Crippen LogP contribution < -0.4 is 0 Å². The Hall–Kier alpha value is -0.940. The van der Waals surface area contributed by atoms with Gasteiger partial charge in [-0.25, -0.2) is 0 Å². The molecule has 0 unspecified atom stereocenters. The van der Waals surface area contributed by atoms with Crippen LogP contribution in [0.25, 0.3) is 0 Å². The first kappa shape index (κ1) is 13.1. The summed E-state index contributed by atoms with van der Waals surface area (Å²) in [5, 5.41) is 8.65. The van der Waals surface area contributed by atoms with Crippen LogP contribution in [0.1, 0.15) is 44.4 Å². The van der Waals surface area contributed by atoms with Crippen LogP contribution in [0.4, 0.5) is 0 Å². The van der Waals surface area contributed by atoms with Crippen molar-refractivity contribution in [3.63, 3.8) is 0 Å². The average molecular weight is 263 g/mol. The van der Waals surface area contributed by atoms with Gasteiger partial charge < -0.3 is 4.57 Å². The Morgan fingerprint density at radius 1 is 1.11 bits per heavy atom. The second-order valence-corrected chi connectivity index (χ2v) is 6.17. The molecule has 2 aliphatic rings. The fraction of sp³-hybridized carbons (Fsp3) is 0.857. The van der Waals surface area contributed by atoms with Gasteiger partial charge >= 0.3 is 0 Å². The second-order valence-electron chi connectivity index (χ2n) is 6.17. The van der Waals surface area contributed by atoms with Crippen LogP contribution >= 0.6 is 0 Å². The minimum Gasteiger partial charge on any atom is -0.311 e. The van der Waals surface area contributed by atoms with E-state index in [2.05, 4.69) is 45.3 Å². The molecule has 106 valence electrons. The van der Waals surface area contributed by atoms with Crippen LogP contribution in [-0.2, 0) is 6.54 Å². The van der Waals surface area contributed by atoms with Gasteiger partial charge in [0.25, 0.3) is 0 Å². The molecule has 2 heterocycles. The van der Waals surface area contributed by atoms with Gasteiger partial charge in [-0.05, 0) is 33.6 Å². The molecule has 5 nitrogen and oxygen atoms in total. The summed E-state index contributed by atoms with van der Waals surface area (Å²) in [6.45, 7) is 12.2. The predicted molar refractivity (Wildman–Crippen MR) is 75.0 cm³/mol. The molecule has 1 aliphatic carbocycles. The van der Waals surface area contributed by atoms with Crippen molar-refractivity contribution in [3.05, 3.63) is 11.6 Å². The van der Waals surface area contributed by atoms with Crippen LogP contribution in [-0.4, -0.2) is 56.8 Å². The largest absolute Gasteiger partial charge is 0.311 e. The molecule has 1 aliphatic heterocycles. The molecule has 0 amide bonds. The van der Waals surface area contributed by atoms with Crippen molar-refractivity contribution < 1.29 is 0 Å². The normalized spacial score (nSPS) is 22.3. The molecule has 1 saturated carbocycles. The minimum absolute atomic E-state index is 0.666. The van der Waals surface area contributed by atoms with Crippen molar-refractivity contribution in [3.8, 4) is 0 Å². The average Bonchev–Trinajstić information content (AvgIpc) is 3.16. The van der Waals surface area contributed by atoms with Crippen LogP contribution in [0.15, 0.2) is 0 Å². The van der Waals surface area contributed by atoms with E-state index in [1.54, 1.807) is 0 Å². The maximum atomic E-state index is 4.38. The first-order valence-electron chi connectivity index (χ1n) is 7.52. The molecule has 0 aromatic carbocycles. The maximum Gasteiger partial charge on any atom is 0.147 e. The van der Waals surface area contributed by atoms with Crippen molar-refractivity contribution in [2.24, 2.45) is 0 Å². The summed E-state index contributed by atoms with van der Waals surface area (Å²) >= 11 is 0. The lowest BCUT2D eigenvalue weighted by atomic mass is 10.2. The first-order valence-corrected chi connectivity index (χ1v) is 7.52. The molecule has 0 bridgehead atoms. The van der Waals surface area contributed by atoms with Gasteiger partial charge in [-0.15, -0.1) is 10.2 Å². The van der Waals surface area contributed by atoms with E-state index in [9.17, 15) is 0 Å². The minimum atomic E-state index is 0.666. The van der Waals surface area contributed by atoms with Gasteiger partial charge in [0.15, 0.2) is 0 Å². The molecular weight excluding hydrogens is 238 g/mol. The molecule has 1 aromatic rings. The standard InChI is InChI=1S/C14H25N5/c1-11(2)18-8-6-17(7-9-18)10-14-16-15-12(3)19(14)13-4-5-13/h11,13H,4-10H2,1-3H3. The zero-order valence-electron chi connectivity index (χ0n) is 12.3. The van der Waals surface area contributed by atoms with Crippen LogP contribution in [0.3, 0.4) is 0 Å². The number of hydrogen-bond acceptors (Lipinski definition) is 4. The van der Waals surface area contributed by atoms with Crippen LogP contribution in [0.5, 0.6) is 0 Å². The molecule has 3 rings (SSSR count). The van der Waals surface area contributed by atoms with Crippen molar-refractivity contribution in [2.75, 3.05) is 26.2 Å². The number of rotatable bonds is 4. The number of aryl methyl sites for hydroxylation is 1. The fourth-order valence-corrected chi connectivity index (χ4v) is 2.97. The lowest BCUT2D eigenvalue weighted by Gasteiger charge is -2.36. The van der Waals surface area contributed by atoms with Gasteiger partial charge in [0.2, 0.25) is 0 Å². The van der Waals surface area contributed by atoms with E-state index in [0.717, 1.165) is 31.3 Å². The lowest BCUT2D eigenvalue weighted by molar-refractivity contribution is 0.101.